The average Bonchev–Trinajstić information content (AvgIpc) is 2.55. The first-order chi connectivity index (χ1) is 11.3. The minimum Gasteiger partial charge on any atom is -0.364 e. The van der Waals surface area contributed by atoms with E-state index >= 15 is 0 Å². The largest absolute Gasteiger partial charge is 0.364 e. The lowest BCUT2D eigenvalue weighted by Crippen LogP contribution is -2.56. The Hall–Kier alpha value is 0.190. The Bertz CT molecular complexity index is 372. The molecule has 0 amide bonds. The Morgan fingerprint density at radius 3 is 2.33 bits per heavy atom. The number of piperazine rings is 1. The molecule has 0 radical (unpaired) electrons. The first-order valence-corrected chi connectivity index (χ1v) is 10.4. The van der Waals surface area contributed by atoms with Gasteiger partial charge in [-0.3, -0.25) is 9.80 Å². The zero-order valence-electron chi connectivity index (χ0n) is 16.5. The summed E-state index contributed by atoms with van der Waals surface area (Å²) in [6.07, 6.45) is 3.19. The molecule has 4 nitrogen and oxygen atoms in total. The van der Waals surface area contributed by atoms with E-state index in [1.165, 1.54) is 19.6 Å². The van der Waals surface area contributed by atoms with Crippen LogP contribution in [0.1, 0.15) is 53.9 Å². The van der Waals surface area contributed by atoms with Gasteiger partial charge in [-0.05, 0) is 53.5 Å². The topological polar surface area (TPSA) is 19.0 Å². The molecule has 0 N–H and O–H groups in total. The van der Waals surface area contributed by atoms with Crippen LogP contribution in [0.4, 0.5) is 0 Å². The summed E-state index contributed by atoms with van der Waals surface area (Å²) >= 11 is 4.84. The van der Waals surface area contributed by atoms with Crippen LogP contribution in [0.15, 0.2) is 0 Å². The monoisotopic (exact) mass is 357 g/mol. The van der Waals surface area contributed by atoms with Gasteiger partial charge < -0.3 is 9.64 Å². The number of ether oxygens (including phenoxy) is 1. The Labute approximate surface area is 155 Å². The molecule has 0 bridgehead atoms. The van der Waals surface area contributed by atoms with Crippen molar-refractivity contribution in [3.8, 4) is 0 Å². The molecule has 2 aliphatic heterocycles. The van der Waals surface area contributed by atoms with Crippen LogP contribution in [0, 0.1) is 0 Å². The zero-order valence-corrected chi connectivity index (χ0v) is 17.4. The lowest BCUT2D eigenvalue weighted by Gasteiger charge is -2.44. The van der Waals surface area contributed by atoms with Crippen LogP contribution < -0.4 is 0 Å². The van der Waals surface area contributed by atoms with Gasteiger partial charge in [-0.1, -0.05) is 6.92 Å². The highest BCUT2D eigenvalue weighted by Crippen LogP contribution is 2.30. The third kappa shape index (κ3) is 5.60. The lowest BCUT2D eigenvalue weighted by molar-refractivity contribution is -0.0302. The fraction of sp³-hybridized carbons (Fsp3) is 1.00. The van der Waals surface area contributed by atoms with E-state index < -0.39 is 0 Å². The van der Waals surface area contributed by atoms with E-state index in [1.807, 2.05) is 0 Å². The van der Waals surface area contributed by atoms with Gasteiger partial charge in [-0.15, -0.1) is 12.6 Å². The Kier molecular flexibility index (Phi) is 7.88. The second-order valence-corrected chi connectivity index (χ2v) is 8.86. The van der Waals surface area contributed by atoms with E-state index in [2.05, 4.69) is 49.3 Å². The van der Waals surface area contributed by atoms with E-state index in [0.717, 1.165) is 45.5 Å². The molecule has 2 fully saturated rings. The maximum atomic E-state index is 6.22. The van der Waals surface area contributed by atoms with Crippen LogP contribution in [-0.4, -0.2) is 83.6 Å². The minimum atomic E-state index is -0.201. The summed E-state index contributed by atoms with van der Waals surface area (Å²) in [5.41, 5.74) is 0. The summed E-state index contributed by atoms with van der Waals surface area (Å²) in [4.78, 5) is 7.53. The van der Waals surface area contributed by atoms with E-state index in [-0.39, 0.29) is 4.93 Å². The van der Waals surface area contributed by atoms with Crippen LogP contribution in [0.25, 0.3) is 0 Å². The molecular formula is C19H39N3OS. The van der Waals surface area contributed by atoms with Crippen LogP contribution >= 0.6 is 12.6 Å². The van der Waals surface area contributed by atoms with Crippen molar-refractivity contribution in [2.45, 2.75) is 76.9 Å². The van der Waals surface area contributed by atoms with Crippen molar-refractivity contribution in [3.63, 3.8) is 0 Å². The predicted octanol–water partition coefficient (Wildman–Crippen LogP) is 2.94. The number of likely N-dealkylation sites (tertiary alicyclic amines) is 1. The van der Waals surface area contributed by atoms with Crippen LogP contribution in [0.5, 0.6) is 0 Å². The normalized spacial score (nSPS) is 28.4. The molecule has 5 heteroatoms. The third-order valence-corrected chi connectivity index (χ3v) is 6.57. The smallest absolute Gasteiger partial charge is 0.113 e. The molecule has 0 spiro atoms. The summed E-state index contributed by atoms with van der Waals surface area (Å²) in [7, 11) is 0. The van der Waals surface area contributed by atoms with Crippen LogP contribution in [-0.2, 0) is 4.74 Å². The van der Waals surface area contributed by atoms with Gasteiger partial charge in [0.2, 0.25) is 0 Å². The van der Waals surface area contributed by atoms with Gasteiger partial charge in [0.25, 0.3) is 0 Å². The van der Waals surface area contributed by atoms with Gasteiger partial charge in [0.1, 0.15) is 4.93 Å². The molecule has 2 rings (SSSR count). The summed E-state index contributed by atoms with van der Waals surface area (Å²) < 4.78 is 6.22. The van der Waals surface area contributed by atoms with Gasteiger partial charge in [0.05, 0.1) is 0 Å². The summed E-state index contributed by atoms with van der Waals surface area (Å²) in [6, 6.07) is 1.88. The molecule has 0 aliphatic carbocycles. The van der Waals surface area contributed by atoms with Gasteiger partial charge in [-0.2, -0.15) is 0 Å². The number of nitrogens with zero attached hydrogens (tertiary/aromatic N) is 3. The SMILES string of the molecule is CCN1CCC(S)(OCCC(C)N2CCN(C(C)C)CC2C)CC1. The number of hydrogen-bond donors (Lipinski definition) is 1. The first kappa shape index (κ1) is 20.5. The second kappa shape index (κ2) is 9.22. The van der Waals surface area contributed by atoms with Crippen molar-refractivity contribution in [1.29, 1.82) is 0 Å². The number of rotatable bonds is 7. The van der Waals surface area contributed by atoms with Crippen molar-refractivity contribution in [3.05, 3.63) is 0 Å². The Morgan fingerprint density at radius 1 is 1.12 bits per heavy atom. The fourth-order valence-electron chi connectivity index (χ4n) is 4.07. The summed E-state index contributed by atoms with van der Waals surface area (Å²) in [5, 5.41) is 0. The van der Waals surface area contributed by atoms with Crippen LogP contribution in [0.3, 0.4) is 0 Å². The highest BCUT2D eigenvalue weighted by Gasteiger charge is 2.32. The summed E-state index contributed by atoms with van der Waals surface area (Å²) in [6.45, 7) is 19.3. The molecule has 2 heterocycles. The van der Waals surface area contributed by atoms with Crippen LogP contribution in [0.2, 0.25) is 0 Å². The van der Waals surface area contributed by atoms with Crippen molar-refractivity contribution in [2.75, 3.05) is 45.9 Å². The van der Waals surface area contributed by atoms with Crippen molar-refractivity contribution in [2.24, 2.45) is 0 Å². The molecule has 2 atom stereocenters. The minimum absolute atomic E-state index is 0.201. The molecule has 2 saturated heterocycles. The molecule has 2 unspecified atom stereocenters. The van der Waals surface area contributed by atoms with Gasteiger partial charge >= 0.3 is 0 Å². The molecular weight excluding hydrogens is 318 g/mol. The lowest BCUT2D eigenvalue weighted by atomic mass is 10.1. The average molecular weight is 358 g/mol. The van der Waals surface area contributed by atoms with E-state index in [0.29, 0.717) is 18.1 Å². The van der Waals surface area contributed by atoms with Gasteiger partial charge in [-0.25, -0.2) is 0 Å². The quantitative estimate of drug-likeness (QED) is 0.558. The third-order valence-electron chi connectivity index (χ3n) is 6.00. The van der Waals surface area contributed by atoms with Gasteiger partial charge in [0, 0.05) is 57.5 Å². The number of piperidine rings is 1. The maximum Gasteiger partial charge on any atom is 0.113 e. The van der Waals surface area contributed by atoms with E-state index in [4.69, 9.17) is 17.4 Å². The first-order valence-electron chi connectivity index (χ1n) is 9.93. The number of thiol groups is 1. The Morgan fingerprint density at radius 2 is 1.79 bits per heavy atom. The van der Waals surface area contributed by atoms with E-state index in [9.17, 15) is 0 Å². The van der Waals surface area contributed by atoms with Crippen molar-refractivity contribution < 1.29 is 4.74 Å². The molecule has 24 heavy (non-hydrogen) atoms. The predicted molar refractivity (Wildman–Crippen MR) is 106 cm³/mol. The second-order valence-electron chi connectivity index (χ2n) is 8.04. The summed E-state index contributed by atoms with van der Waals surface area (Å²) in [5.74, 6) is 0. The molecule has 0 aromatic carbocycles. The standard InChI is InChI=1S/C19H39N3OS/c1-6-20-10-8-19(24,9-11-20)23-14-7-17(4)22-13-12-21(16(2)3)15-18(22)5/h16-18,24H,6-15H2,1-5H3. The van der Waals surface area contributed by atoms with Gasteiger partial charge in [0.15, 0.2) is 0 Å². The molecule has 0 aromatic rings. The highest BCUT2D eigenvalue weighted by atomic mass is 32.1. The van der Waals surface area contributed by atoms with Crippen molar-refractivity contribution in [1.82, 2.24) is 14.7 Å². The molecule has 2 aliphatic rings. The maximum absolute atomic E-state index is 6.22. The zero-order chi connectivity index (χ0) is 17.7. The highest BCUT2D eigenvalue weighted by molar-refractivity contribution is 7.81. The Balaban J connectivity index is 1.70. The number of hydrogen-bond acceptors (Lipinski definition) is 5. The molecule has 0 saturated carbocycles. The molecule has 0 aromatic heterocycles. The molecule has 142 valence electrons. The van der Waals surface area contributed by atoms with E-state index in [1.54, 1.807) is 0 Å². The fourth-order valence-corrected chi connectivity index (χ4v) is 4.36. The van der Waals surface area contributed by atoms with Crippen molar-refractivity contribution >= 4 is 12.6 Å².